The van der Waals surface area contributed by atoms with Crippen LogP contribution in [-0.4, -0.2) is 23.9 Å². The molecule has 0 bridgehead atoms. The largest absolute Gasteiger partial charge is 0.493 e. The molecule has 0 N–H and O–H groups in total. The lowest BCUT2D eigenvalue weighted by molar-refractivity contribution is 0.325. The summed E-state index contributed by atoms with van der Waals surface area (Å²) in [6.45, 7) is 3.47. The molecule has 16 heavy (non-hydrogen) atoms. The summed E-state index contributed by atoms with van der Waals surface area (Å²) in [6, 6.07) is 6.01. The lowest BCUT2D eigenvalue weighted by Gasteiger charge is -2.12. The van der Waals surface area contributed by atoms with Crippen molar-refractivity contribution in [1.82, 2.24) is 0 Å². The summed E-state index contributed by atoms with van der Waals surface area (Å²) in [6.07, 6.45) is 0.969. The van der Waals surface area contributed by atoms with Gasteiger partial charge in [-0.15, -0.1) is 0 Å². The Labute approximate surface area is 114 Å². The molecule has 0 amide bonds. The number of ether oxygens (including phenoxy) is 2. The minimum Gasteiger partial charge on any atom is -0.493 e. The van der Waals surface area contributed by atoms with Crippen LogP contribution in [0.25, 0.3) is 0 Å². The Morgan fingerprint density at radius 2 is 1.75 bits per heavy atom. The number of benzene rings is 1. The van der Waals surface area contributed by atoms with Gasteiger partial charge in [-0.1, -0.05) is 44.8 Å². The van der Waals surface area contributed by atoms with Crippen LogP contribution in [0.4, 0.5) is 0 Å². The summed E-state index contributed by atoms with van der Waals surface area (Å²) in [5.41, 5.74) is 1.21. The van der Waals surface area contributed by atoms with E-state index in [1.807, 2.05) is 12.1 Å². The van der Waals surface area contributed by atoms with E-state index in [2.05, 4.69) is 44.8 Å². The number of hydrogen-bond acceptors (Lipinski definition) is 2. The first-order valence-electron chi connectivity index (χ1n) is 5.32. The second-order valence-corrected chi connectivity index (χ2v) is 4.78. The molecule has 0 fully saturated rings. The summed E-state index contributed by atoms with van der Waals surface area (Å²) in [5.74, 6) is 1.79. The predicted octanol–water partition coefficient (Wildman–Crippen LogP) is 3.80. The lowest BCUT2D eigenvalue weighted by Crippen LogP contribution is -2.02. The maximum atomic E-state index is 5.66. The van der Waals surface area contributed by atoms with E-state index in [1.165, 1.54) is 5.56 Å². The number of aryl methyl sites for hydroxylation is 1. The van der Waals surface area contributed by atoms with Crippen molar-refractivity contribution in [2.75, 3.05) is 23.9 Å². The van der Waals surface area contributed by atoms with Crippen LogP contribution in [0.5, 0.6) is 11.5 Å². The fourth-order valence-corrected chi connectivity index (χ4v) is 1.68. The van der Waals surface area contributed by atoms with E-state index >= 15 is 0 Å². The topological polar surface area (TPSA) is 18.5 Å². The van der Waals surface area contributed by atoms with Crippen molar-refractivity contribution in [2.24, 2.45) is 0 Å². The van der Waals surface area contributed by atoms with Crippen molar-refractivity contribution in [3.63, 3.8) is 0 Å². The van der Waals surface area contributed by atoms with Crippen LogP contribution in [0.1, 0.15) is 12.5 Å². The van der Waals surface area contributed by atoms with E-state index in [-0.39, 0.29) is 0 Å². The molecule has 0 heterocycles. The molecule has 0 aliphatic rings. The van der Waals surface area contributed by atoms with E-state index in [4.69, 9.17) is 9.47 Å². The molecule has 0 saturated carbocycles. The average Bonchev–Trinajstić information content (AvgIpc) is 2.33. The molecule has 0 spiro atoms. The third-order valence-electron chi connectivity index (χ3n) is 2.10. The predicted molar refractivity (Wildman–Crippen MR) is 74.4 cm³/mol. The van der Waals surface area contributed by atoms with Gasteiger partial charge < -0.3 is 9.47 Å². The van der Waals surface area contributed by atoms with Crippen LogP contribution in [-0.2, 0) is 6.42 Å². The number of alkyl halides is 2. The first-order chi connectivity index (χ1) is 7.81. The van der Waals surface area contributed by atoms with Gasteiger partial charge in [0.1, 0.15) is 11.5 Å². The maximum absolute atomic E-state index is 5.66. The molecule has 0 aliphatic carbocycles. The molecule has 0 aromatic heterocycles. The van der Waals surface area contributed by atoms with Crippen molar-refractivity contribution in [1.29, 1.82) is 0 Å². The van der Waals surface area contributed by atoms with Gasteiger partial charge >= 0.3 is 0 Å². The summed E-state index contributed by atoms with van der Waals surface area (Å²) in [7, 11) is 0. The molecular formula is C12H16Br2O2. The molecule has 0 aliphatic heterocycles. The first kappa shape index (κ1) is 13.8. The Morgan fingerprint density at radius 3 is 2.38 bits per heavy atom. The fourth-order valence-electron chi connectivity index (χ4n) is 1.36. The summed E-state index contributed by atoms with van der Waals surface area (Å²) in [5, 5.41) is 1.67. The first-order valence-corrected chi connectivity index (χ1v) is 7.56. The highest BCUT2D eigenvalue weighted by Gasteiger charge is 2.04. The second-order valence-electron chi connectivity index (χ2n) is 3.20. The molecule has 1 rings (SSSR count). The van der Waals surface area contributed by atoms with E-state index in [0.29, 0.717) is 13.2 Å². The normalized spacial score (nSPS) is 10.2. The van der Waals surface area contributed by atoms with Crippen molar-refractivity contribution in [2.45, 2.75) is 13.3 Å². The standard InChI is InChI=1S/C12H16Br2O2/c1-2-10-3-4-11(15-7-5-13)9-12(10)16-8-6-14/h3-4,9H,2,5-8H2,1H3. The third kappa shape index (κ3) is 4.34. The minimum atomic E-state index is 0.670. The van der Waals surface area contributed by atoms with Crippen LogP contribution in [0.2, 0.25) is 0 Å². The van der Waals surface area contributed by atoms with Crippen LogP contribution in [0.3, 0.4) is 0 Å². The second kappa shape index (κ2) is 7.96. The fraction of sp³-hybridized carbons (Fsp3) is 0.500. The van der Waals surface area contributed by atoms with E-state index < -0.39 is 0 Å². The highest BCUT2D eigenvalue weighted by Crippen LogP contribution is 2.25. The monoisotopic (exact) mass is 350 g/mol. The molecule has 0 unspecified atom stereocenters. The molecular weight excluding hydrogens is 336 g/mol. The van der Waals surface area contributed by atoms with E-state index in [0.717, 1.165) is 28.6 Å². The number of rotatable bonds is 7. The zero-order chi connectivity index (χ0) is 11.8. The molecule has 1 aromatic rings. The lowest BCUT2D eigenvalue weighted by atomic mass is 10.1. The van der Waals surface area contributed by atoms with Gasteiger partial charge in [-0.2, -0.15) is 0 Å². The van der Waals surface area contributed by atoms with Gasteiger partial charge in [-0.25, -0.2) is 0 Å². The van der Waals surface area contributed by atoms with Crippen LogP contribution < -0.4 is 9.47 Å². The van der Waals surface area contributed by atoms with Crippen molar-refractivity contribution < 1.29 is 9.47 Å². The molecule has 2 nitrogen and oxygen atoms in total. The van der Waals surface area contributed by atoms with E-state index in [1.54, 1.807) is 0 Å². The van der Waals surface area contributed by atoms with Crippen LogP contribution in [0, 0.1) is 0 Å². The highest BCUT2D eigenvalue weighted by molar-refractivity contribution is 9.09. The summed E-state index contributed by atoms with van der Waals surface area (Å²) in [4.78, 5) is 0. The molecule has 0 radical (unpaired) electrons. The quantitative estimate of drug-likeness (QED) is 0.695. The Balaban J connectivity index is 2.74. The Kier molecular flexibility index (Phi) is 6.88. The molecule has 1 aromatic carbocycles. The molecule has 90 valence electrons. The summed E-state index contributed by atoms with van der Waals surface area (Å²) < 4.78 is 11.2. The van der Waals surface area contributed by atoms with E-state index in [9.17, 15) is 0 Å². The average molecular weight is 352 g/mol. The van der Waals surface area contributed by atoms with Gasteiger partial charge in [-0.3, -0.25) is 0 Å². The highest BCUT2D eigenvalue weighted by atomic mass is 79.9. The van der Waals surface area contributed by atoms with Gasteiger partial charge in [0.25, 0.3) is 0 Å². The van der Waals surface area contributed by atoms with Gasteiger partial charge in [0.05, 0.1) is 13.2 Å². The Bertz CT molecular complexity index is 316. The smallest absolute Gasteiger partial charge is 0.126 e. The number of hydrogen-bond donors (Lipinski definition) is 0. The molecule has 4 heteroatoms. The van der Waals surface area contributed by atoms with Gasteiger partial charge in [0, 0.05) is 16.7 Å². The zero-order valence-corrected chi connectivity index (χ0v) is 12.5. The van der Waals surface area contributed by atoms with Crippen LogP contribution in [0.15, 0.2) is 18.2 Å². The minimum absolute atomic E-state index is 0.670. The Hall–Kier alpha value is -0.220. The van der Waals surface area contributed by atoms with Gasteiger partial charge in [0.2, 0.25) is 0 Å². The van der Waals surface area contributed by atoms with Crippen molar-refractivity contribution in [3.05, 3.63) is 23.8 Å². The molecule has 0 atom stereocenters. The number of halogens is 2. The van der Waals surface area contributed by atoms with Gasteiger partial charge in [0.15, 0.2) is 0 Å². The third-order valence-corrected chi connectivity index (χ3v) is 2.75. The SMILES string of the molecule is CCc1ccc(OCCBr)cc1OCCBr. The van der Waals surface area contributed by atoms with Crippen molar-refractivity contribution in [3.8, 4) is 11.5 Å². The van der Waals surface area contributed by atoms with Gasteiger partial charge in [-0.05, 0) is 18.1 Å². The van der Waals surface area contributed by atoms with Crippen LogP contribution >= 0.6 is 31.9 Å². The zero-order valence-electron chi connectivity index (χ0n) is 9.34. The maximum Gasteiger partial charge on any atom is 0.126 e. The Morgan fingerprint density at radius 1 is 1.06 bits per heavy atom. The summed E-state index contributed by atoms with van der Waals surface area (Å²) >= 11 is 6.68. The molecule has 0 saturated heterocycles. The van der Waals surface area contributed by atoms with Crippen molar-refractivity contribution >= 4 is 31.9 Å².